The summed E-state index contributed by atoms with van der Waals surface area (Å²) in [6.45, 7) is 3.79. The number of rotatable bonds is 11. The fraction of sp³-hybridized carbons (Fsp3) is 0.583. The van der Waals surface area contributed by atoms with Crippen LogP contribution in [0.15, 0.2) is 12.8 Å². The number of esters is 1. The zero-order chi connectivity index (χ0) is 15.6. The third kappa shape index (κ3) is 7.37. The molecule has 0 aliphatic heterocycles. The Balaban J connectivity index is 4.11. The first-order valence-electron chi connectivity index (χ1n) is 5.87. The van der Waals surface area contributed by atoms with Crippen molar-refractivity contribution in [1.29, 1.82) is 0 Å². The van der Waals surface area contributed by atoms with Crippen molar-refractivity contribution < 1.29 is 39.2 Å². The molecule has 0 saturated heterocycles. The Labute approximate surface area is 115 Å². The van der Waals surface area contributed by atoms with Crippen LogP contribution in [0.3, 0.4) is 0 Å². The number of carbonyl (C=O) groups excluding carboxylic acids is 1. The number of aliphatic carboxylic acids is 2. The first-order valence-corrected chi connectivity index (χ1v) is 5.87. The van der Waals surface area contributed by atoms with Gasteiger partial charge in [0.2, 0.25) is 0 Å². The predicted molar refractivity (Wildman–Crippen MR) is 65.8 cm³/mol. The molecule has 0 amide bonds. The van der Waals surface area contributed by atoms with E-state index in [0.717, 1.165) is 0 Å². The Bertz CT molecular complexity index is 364. The molecule has 1 unspecified atom stereocenters. The summed E-state index contributed by atoms with van der Waals surface area (Å²) in [5, 5.41) is 26.9. The average Bonchev–Trinajstić information content (AvgIpc) is 2.32. The highest BCUT2D eigenvalue weighted by Crippen LogP contribution is 2.17. The van der Waals surface area contributed by atoms with E-state index in [1.807, 2.05) is 0 Å². The topological polar surface area (TPSA) is 130 Å². The molecule has 0 saturated carbocycles. The van der Waals surface area contributed by atoms with Crippen LogP contribution >= 0.6 is 0 Å². The SMILES string of the molecule is C=COCCCCOC(=O)CC(O)(CC(=O)O)C(=O)O. The van der Waals surface area contributed by atoms with Gasteiger partial charge in [0.15, 0.2) is 5.60 Å². The van der Waals surface area contributed by atoms with Crippen LogP contribution in [0.25, 0.3) is 0 Å². The van der Waals surface area contributed by atoms with Crippen LogP contribution in [0, 0.1) is 0 Å². The van der Waals surface area contributed by atoms with Crippen LogP contribution < -0.4 is 0 Å². The van der Waals surface area contributed by atoms with E-state index in [1.165, 1.54) is 6.26 Å². The van der Waals surface area contributed by atoms with Crippen LogP contribution in [0.4, 0.5) is 0 Å². The van der Waals surface area contributed by atoms with E-state index in [0.29, 0.717) is 19.4 Å². The smallest absolute Gasteiger partial charge is 0.336 e. The quantitative estimate of drug-likeness (QED) is 0.278. The molecule has 8 heteroatoms. The molecule has 0 radical (unpaired) electrons. The van der Waals surface area contributed by atoms with Gasteiger partial charge in [0.1, 0.15) is 0 Å². The molecule has 0 aromatic rings. The number of hydrogen-bond donors (Lipinski definition) is 3. The Kier molecular flexibility index (Phi) is 7.98. The number of aliphatic hydroxyl groups is 1. The third-order valence-electron chi connectivity index (χ3n) is 2.32. The molecule has 0 aromatic carbocycles. The zero-order valence-electron chi connectivity index (χ0n) is 10.9. The Morgan fingerprint density at radius 3 is 2.20 bits per heavy atom. The molecule has 0 bridgehead atoms. The molecule has 0 aromatic heterocycles. The van der Waals surface area contributed by atoms with Gasteiger partial charge in [0.25, 0.3) is 0 Å². The summed E-state index contributed by atoms with van der Waals surface area (Å²) in [5.41, 5.74) is -2.66. The highest BCUT2D eigenvalue weighted by Gasteiger charge is 2.41. The summed E-state index contributed by atoms with van der Waals surface area (Å²) in [5.74, 6) is -4.28. The lowest BCUT2D eigenvalue weighted by atomic mass is 9.96. The van der Waals surface area contributed by atoms with Crippen molar-refractivity contribution in [3.8, 4) is 0 Å². The second-order valence-corrected chi connectivity index (χ2v) is 4.05. The summed E-state index contributed by atoms with van der Waals surface area (Å²) in [6, 6.07) is 0. The number of carbonyl (C=O) groups is 3. The second-order valence-electron chi connectivity index (χ2n) is 4.05. The lowest BCUT2D eigenvalue weighted by Gasteiger charge is -2.20. The Hall–Kier alpha value is -2.09. The molecular formula is C12H18O8. The van der Waals surface area contributed by atoms with Crippen LogP contribution in [0.2, 0.25) is 0 Å². The Morgan fingerprint density at radius 1 is 1.10 bits per heavy atom. The lowest BCUT2D eigenvalue weighted by molar-refractivity contribution is -0.172. The maximum Gasteiger partial charge on any atom is 0.336 e. The first kappa shape index (κ1) is 17.9. The maximum atomic E-state index is 11.3. The highest BCUT2D eigenvalue weighted by molar-refractivity contribution is 5.88. The van der Waals surface area contributed by atoms with Gasteiger partial charge >= 0.3 is 17.9 Å². The monoisotopic (exact) mass is 290 g/mol. The molecule has 0 rings (SSSR count). The summed E-state index contributed by atoms with van der Waals surface area (Å²) in [4.78, 5) is 32.6. The van der Waals surface area contributed by atoms with Gasteiger partial charge in [-0.1, -0.05) is 6.58 Å². The standard InChI is InChI=1S/C12H18O8/c1-2-19-5-3-4-6-20-10(15)8-12(18,11(16)17)7-9(13)14/h2,18H,1,3-8H2,(H,13,14)(H,16,17). The van der Waals surface area contributed by atoms with E-state index in [1.54, 1.807) is 0 Å². The van der Waals surface area contributed by atoms with Gasteiger partial charge in [-0.15, -0.1) is 0 Å². The summed E-state index contributed by atoms with van der Waals surface area (Å²) >= 11 is 0. The van der Waals surface area contributed by atoms with Crippen molar-refractivity contribution in [2.45, 2.75) is 31.3 Å². The van der Waals surface area contributed by atoms with Crippen molar-refractivity contribution in [1.82, 2.24) is 0 Å². The average molecular weight is 290 g/mol. The molecule has 0 fully saturated rings. The van der Waals surface area contributed by atoms with Crippen molar-refractivity contribution in [2.75, 3.05) is 13.2 Å². The predicted octanol–water partition coefficient (Wildman–Crippen LogP) is 0.150. The lowest BCUT2D eigenvalue weighted by Crippen LogP contribution is -2.43. The van der Waals surface area contributed by atoms with E-state index in [4.69, 9.17) is 19.7 Å². The summed E-state index contributed by atoms with van der Waals surface area (Å²) in [7, 11) is 0. The Morgan fingerprint density at radius 2 is 1.70 bits per heavy atom. The molecule has 0 aliphatic carbocycles. The van der Waals surface area contributed by atoms with Gasteiger partial charge in [0, 0.05) is 0 Å². The number of unbranched alkanes of at least 4 members (excludes halogenated alkanes) is 1. The van der Waals surface area contributed by atoms with Gasteiger partial charge in [-0.05, 0) is 12.8 Å². The van der Waals surface area contributed by atoms with E-state index in [2.05, 4.69) is 6.58 Å². The second kappa shape index (κ2) is 8.92. The van der Waals surface area contributed by atoms with Crippen molar-refractivity contribution in [3.05, 3.63) is 12.8 Å². The van der Waals surface area contributed by atoms with E-state index < -0.39 is 36.4 Å². The van der Waals surface area contributed by atoms with E-state index >= 15 is 0 Å². The van der Waals surface area contributed by atoms with Crippen molar-refractivity contribution in [2.24, 2.45) is 0 Å². The largest absolute Gasteiger partial charge is 0.502 e. The summed E-state index contributed by atoms with van der Waals surface area (Å²) < 4.78 is 9.55. The van der Waals surface area contributed by atoms with Crippen LogP contribution in [-0.4, -0.2) is 52.0 Å². The van der Waals surface area contributed by atoms with Crippen LogP contribution in [-0.2, 0) is 23.9 Å². The number of ether oxygens (including phenoxy) is 2. The zero-order valence-corrected chi connectivity index (χ0v) is 10.9. The highest BCUT2D eigenvalue weighted by atomic mass is 16.5. The first-order chi connectivity index (χ1) is 9.31. The number of carboxylic acid groups (broad SMARTS) is 2. The van der Waals surface area contributed by atoms with Crippen molar-refractivity contribution in [3.63, 3.8) is 0 Å². The fourth-order valence-electron chi connectivity index (χ4n) is 1.31. The van der Waals surface area contributed by atoms with Gasteiger partial charge in [-0.25, -0.2) is 4.79 Å². The molecule has 3 N–H and O–H groups in total. The van der Waals surface area contributed by atoms with E-state index in [-0.39, 0.29) is 6.61 Å². The molecule has 8 nitrogen and oxygen atoms in total. The van der Waals surface area contributed by atoms with Gasteiger partial charge in [-0.3, -0.25) is 9.59 Å². The summed E-state index contributed by atoms with van der Waals surface area (Å²) in [6.07, 6.45) is 0.384. The molecule has 20 heavy (non-hydrogen) atoms. The minimum atomic E-state index is -2.66. The normalized spacial score (nSPS) is 13.1. The molecule has 0 aliphatic rings. The van der Waals surface area contributed by atoms with Crippen LogP contribution in [0.5, 0.6) is 0 Å². The maximum absolute atomic E-state index is 11.3. The van der Waals surface area contributed by atoms with Gasteiger partial charge in [-0.2, -0.15) is 0 Å². The van der Waals surface area contributed by atoms with Gasteiger partial charge < -0.3 is 24.8 Å². The minimum absolute atomic E-state index is 0.0299. The molecule has 114 valence electrons. The van der Waals surface area contributed by atoms with Gasteiger partial charge in [0.05, 0.1) is 32.3 Å². The number of hydrogen-bond acceptors (Lipinski definition) is 6. The molecule has 0 spiro atoms. The van der Waals surface area contributed by atoms with Crippen molar-refractivity contribution >= 4 is 17.9 Å². The molecule has 1 atom stereocenters. The fourth-order valence-corrected chi connectivity index (χ4v) is 1.31. The third-order valence-corrected chi connectivity index (χ3v) is 2.32. The molecule has 0 heterocycles. The molecular weight excluding hydrogens is 272 g/mol. The minimum Gasteiger partial charge on any atom is -0.502 e. The van der Waals surface area contributed by atoms with E-state index in [9.17, 15) is 19.5 Å². The number of carboxylic acids is 2. The van der Waals surface area contributed by atoms with Crippen LogP contribution in [0.1, 0.15) is 25.7 Å².